The fourth-order valence-corrected chi connectivity index (χ4v) is 3.71. The Balaban J connectivity index is 4.22. The van der Waals surface area contributed by atoms with Crippen LogP contribution in [0.15, 0.2) is 0 Å². The zero-order chi connectivity index (χ0) is 18.3. The van der Waals surface area contributed by atoms with Crippen molar-refractivity contribution >= 4 is 31.5 Å². The van der Waals surface area contributed by atoms with Gasteiger partial charge >= 0.3 is 21.6 Å². The maximum Gasteiger partial charge on any atom is 0.481 e. The van der Waals surface area contributed by atoms with Gasteiger partial charge in [-0.3, -0.25) is 9.32 Å². The van der Waals surface area contributed by atoms with Crippen LogP contribution in [0.25, 0.3) is 0 Å². The predicted molar refractivity (Wildman–Crippen MR) is 78.0 cm³/mol. The molecule has 0 bridgehead atoms. The zero-order valence-electron chi connectivity index (χ0n) is 12.5. The SMILES string of the molecule is CCC(C)C(=O)OCCS(=O)(=O)CCOP(=O)(O)OP(=O)(O)O. The number of carbonyl (C=O) groups excluding carboxylic acids is 1. The summed E-state index contributed by atoms with van der Waals surface area (Å²) in [6, 6.07) is 0. The van der Waals surface area contributed by atoms with E-state index < -0.39 is 49.6 Å². The van der Waals surface area contributed by atoms with Crippen molar-refractivity contribution in [2.75, 3.05) is 24.7 Å². The Morgan fingerprint density at radius 1 is 1.13 bits per heavy atom. The average molecular weight is 398 g/mol. The molecule has 0 saturated heterocycles. The predicted octanol–water partition coefficient (Wildman–Crippen LogP) is 0.217. The molecule has 23 heavy (non-hydrogen) atoms. The van der Waals surface area contributed by atoms with Crippen molar-refractivity contribution in [2.45, 2.75) is 20.3 Å². The molecule has 0 rings (SSSR count). The van der Waals surface area contributed by atoms with Crippen LogP contribution >= 0.6 is 15.6 Å². The summed E-state index contributed by atoms with van der Waals surface area (Å²) in [6.07, 6.45) is 0.546. The van der Waals surface area contributed by atoms with E-state index in [1.807, 2.05) is 0 Å². The van der Waals surface area contributed by atoms with Crippen LogP contribution < -0.4 is 0 Å². The van der Waals surface area contributed by atoms with Crippen LogP contribution in [0.1, 0.15) is 20.3 Å². The maximum absolute atomic E-state index is 11.6. The van der Waals surface area contributed by atoms with Gasteiger partial charge in [0.05, 0.1) is 24.0 Å². The Hall–Kier alpha value is -0.320. The first kappa shape index (κ1) is 22.7. The second kappa shape index (κ2) is 9.24. The molecule has 0 aliphatic rings. The molecule has 2 unspecified atom stereocenters. The number of sulfone groups is 1. The van der Waals surface area contributed by atoms with E-state index in [-0.39, 0.29) is 12.5 Å². The fourth-order valence-electron chi connectivity index (χ4n) is 1.12. The molecule has 0 amide bonds. The van der Waals surface area contributed by atoms with Gasteiger partial charge in [-0.25, -0.2) is 17.5 Å². The molecule has 0 fully saturated rings. The summed E-state index contributed by atoms with van der Waals surface area (Å²) in [7, 11) is -14.1. The summed E-state index contributed by atoms with van der Waals surface area (Å²) in [4.78, 5) is 37.0. The van der Waals surface area contributed by atoms with E-state index in [0.29, 0.717) is 6.42 Å². The second-order valence-corrected chi connectivity index (χ2v) is 9.64. The van der Waals surface area contributed by atoms with Crippen molar-refractivity contribution in [2.24, 2.45) is 5.92 Å². The summed E-state index contributed by atoms with van der Waals surface area (Å²) in [5.74, 6) is -2.13. The smallest absolute Gasteiger partial charge is 0.464 e. The van der Waals surface area contributed by atoms with Crippen molar-refractivity contribution in [1.29, 1.82) is 0 Å². The molecular formula is C9H20O11P2S. The summed E-state index contributed by atoms with van der Waals surface area (Å²) < 4.78 is 57.0. The van der Waals surface area contributed by atoms with Gasteiger partial charge in [-0.15, -0.1) is 0 Å². The summed E-state index contributed by atoms with van der Waals surface area (Å²) in [5, 5.41) is 0. The number of rotatable bonds is 11. The largest absolute Gasteiger partial charge is 0.481 e. The lowest BCUT2D eigenvalue weighted by atomic mass is 10.1. The van der Waals surface area contributed by atoms with Gasteiger partial charge in [-0.1, -0.05) is 13.8 Å². The van der Waals surface area contributed by atoms with E-state index >= 15 is 0 Å². The molecule has 0 aliphatic carbocycles. The Kier molecular flexibility index (Phi) is 9.11. The molecule has 14 heteroatoms. The molecule has 138 valence electrons. The van der Waals surface area contributed by atoms with Crippen molar-refractivity contribution in [3.8, 4) is 0 Å². The van der Waals surface area contributed by atoms with Crippen LogP contribution in [0.4, 0.5) is 0 Å². The standard InChI is InChI=1S/C9H20O11P2S/c1-3-8(2)9(10)18-4-6-23(16,17)7-5-19-22(14,15)20-21(11,12)13/h8H,3-7H2,1-2H3,(H,14,15)(H2,11,12,13). The number of carbonyl (C=O) groups is 1. The Morgan fingerprint density at radius 2 is 1.65 bits per heavy atom. The normalized spacial score (nSPS) is 16.6. The first-order chi connectivity index (χ1) is 10.3. The van der Waals surface area contributed by atoms with Crippen LogP contribution in [-0.2, 0) is 37.3 Å². The van der Waals surface area contributed by atoms with Gasteiger partial charge in [0, 0.05) is 0 Å². The third-order valence-corrected chi connectivity index (χ3v) is 6.27. The first-order valence-electron chi connectivity index (χ1n) is 6.39. The zero-order valence-corrected chi connectivity index (χ0v) is 15.1. The van der Waals surface area contributed by atoms with E-state index in [0.717, 1.165) is 0 Å². The molecule has 0 saturated carbocycles. The van der Waals surface area contributed by atoms with Gasteiger partial charge in [-0.2, -0.15) is 4.31 Å². The minimum Gasteiger partial charge on any atom is -0.464 e. The van der Waals surface area contributed by atoms with Gasteiger partial charge in [0.15, 0.2) is 9.84 Å². The number of hydrogen-bond acceptors (Lipinski definition) is 8. The third-order valence-electron chi connectivity index (χ3n) is 2.51. The molecule has 0 radical (unpaired) electrons. The van der Waals surface area contributed by atoms with Crippen LogP contribution in [0.3, 0.4) is 0 Å². The van der Waals surface area contributed by atoms with Crippen LogP contribution in [0, 0.1) is 5.92 Å². The number of phosphoric ester groups is 1. The van der Waals surface area contributed by atoms with Crippen molar-refractivity contribution in [3.63, 3.8) is 0 Å². The number of hydrogen-bond donors (Lipinski definition) is 3. The maximum atomic E-state index is 11.6. The van der Waals surface area contributed by atoms with E-state index in [1.165, 1.54) is 0 Å². The molecule has 0 aromatic heterocycles. The topological polar surface area (TPSA) is 174 Å². The highest BCUT2D eigenvalue weighted by atomic mass is 32.2. The van der Waals surface area contributed by atoms with Gasteiger partial charge in [-0.05, 0) is 6.42 Å². The third kappa shape index (κ3) is 11.8. The minimum atomic E-state index is -5.25. The summed E-state index contributed by atoms with van der Waals surface area (Å²) in [5.41, 5.74) is 0. The Labute approximate surface area is 133 Å². The van der Waals surface area contributed by atoms with E-state index in [9.17, 15) is 22.3 Å². The van der Waals surface area contributed by atoms with Crippen LogP contribution in [0.2, 0.25) is 0 Å². The van der Waals surface area contributed by atoms with E-state index in [4.69, 9.17) is 19.4 Å². The van der Waals surface area contributed by atoms with Gasteiger partial charge in [0.2, 0.25) is 0 Å². The lowest BCUT2D eigenvalue weighted by Gasteiger charge is -2.12. The van der Waals surface area contributed by atoms with Gasteiger partial charge < -0.3 is 19.4 Å². The first-order valence-corrected chi connectivity index (χ1v) is 11.2. The van der Waals surface area contributed by atoms with Crippen molar-refractivity contribution < 1.29 is 50.6 Å². The van der Waals surface area contributed by atoms with Crippen molar-refractivity contribution in [3.05, 3.63) is 0 Å². The van der Waals surface area contributed by atoms with Gasteiger partial charge in [0.25, 0.3) is 0 Å². The Morgan fingerprint density at radius 3 is 2.13 bits per heavy atom. The van der Waals surface area contributed by atoms with E-state index in [1.54, 1.807) is 13.8 Å². The molecule has 0 heterocycles. The summed E-state index contributed by atoms with van der Waals surface area (Å²) in [6.45, 7) is 2.20. The lowest BCUT2D eigenvalue weighted by Crippen LogP contribution is -2.22. The number of phosphoric acid groups is 2. The highest BCUT2D eigenvalue weighted by molar-refractivity contribution is 7.91. The van der Waals surface area contributed by atoms with Crippen LogP contribution in [-0.4, -0.2) is 53.8 Å². The highest BCUT2D eigenvalue weighted by Crippen LogP contribution is 2.57. The van der Waals surface area contributed by atoms with Gasteiger partial charge in [0.1, 0.15) is 6.61 Å². The van der Waals surface area contributed by atoms with Crippen LogP contribution in [0.5, 0.6) is 0 Å². The van der Waals surface area contributed by atoms with Crippen molar-refractivity contribution in [1.82, 2.24) is 0 Å². The summed E-state index contributed by atoms with van der Waals surface area (Å²) >= 11 is 0. The molecule has 0 aromatic rings. The number of esters is 1. The molecule has 11 nitrogen and oxygen atoms in total. The minimum absolute atomic E-state index is 0.355. The quantitative estimate of drug-likeness (QED) is 0.321. The fraction of sp³-hybridized carbons (Fsp3) is 0.889. The number of ether oxygens (including phenoxy) is 1. The molecular weight excluding hydrogens is 378 g/mol. The van der Waals surface area contributed by atoms with E-state index in [2.05, 4.69) is 8.83 Å². The average Bonchev–Trinajstić information content (AvgIpc) is 2.33. The molecule has 0 aromatic carbocycles. The molecule has 0 spiro atoms. The highest BCUT2D eigenvalue weighted by Gasteiger charge is 2.32. The second-order valence-electron chi connectivity index (χ2n) is 4.50. The Bertz CT molecular complexity index is 580. The lowest BCUT2D eigenvalue weighted by molar-refractivity contribution is -0.147. The molecule has 3 N–H and O–H groups in total. The molecule has 2 atom stereocenters. The molecule has 0 aliphatic heterocycles. The monoisotopic (exact) mass is 398 g/mol.